The summed E-state index contributed by atoms with van der Waals surface area (Å²) in [6, 6.07) is 78.0. The van der Waals surface area contributed by atoms with Crippen LogP contribution in [0.25, 0.3) is 86.9 Å². The fourth-order valence-corrected chi connectivity index (χ4v) is 8.77. The van der Waals surface area contributed by atoms with E-state index in [0.29, 0.717) is 0 Å². The summed E-state index contributed by atoms with van der Waals surface area (Å²) in [5, 5.41) is 15.1. The predicted octanol–water partition coefficient (Wildman–Crippen LogP) is 15.4. The van der Waals surface area contributed by atoms with E-state index in [0.717, 1.165) is 17.1 Å². The van der Waals surface area contributed by atoms with Crippen molar-refractivity contribution in [1.29, 1.82) is 0 Å². The molecule has 11 aromatic carbocycles. The molecule has 0 unspecified atom stereocenters. The molecule has 11 rings (SSSR count). The number of benzene rings is 11. The summed E-state index contributed by atoms with van der Waals surface area (Å²) in [7, 11) is 0. The van der Waals surface area contributed by atoms with Crippen molar-refractivity contribution in [3.8, 4) is 22.3 Å². The van der Waals surface area contributed by atoms with Crippen LogP contribution in [0.4, 0.5) is 17.1 Å². The fourth-order valence-electron chi connectivity index (χ4n) is 8.77. The van der Waals surface area contributed by atoms with Gasteiger partial charge in [0.2, 0.25) is 0 Å². The molecule has 0 radical (unpaired) electrons. The largest absolute Gasteiger partial charge is 0.310 e. The van der Waals surface area contributed by atoms with Crippen LogP contribution in [0.5, 0.6) is 0 Å². The van der Waals surface area contributed by atoms with Gasteiger partial charge < -0.3 is 4.90 Å². The van der Waals surface area contributed by atoms with Gasteiger partial charge in [0.05, 0.1) is 0 Å². The van der Waals surface area contributed by atoms with E-state index in [-0.39, 0.29) is 0 Å². The molecule has 0 aromatic heterocycles. The summed E-state index contributed by atoms with van der Waals surface area (Å²) in [4.78, 5) is 2.44. The molecule has 256 valence electrons. The van der Waals surface area contributed by atoms with Crippen molar-refractivity contribution < 1.29 is 0 Å². The Balaban J connectivity index is 1.18. The maximum absolute atomic E-state index is 2.44. The second-order valence-electron chi connectivity index (χ2n) is 14.5. The molecule has 0 amide bonds. The smallest absolute Gasteiger partial charge is 0.0474 e. The molecule has 0 N–H and O–H groups in total. The molecule has 0 aliphatic heterocycles. The van der Waals surface area contributed by atoms with Crippen molar-refractivity contribution >= 4 is 81.7 Å². The fraction of sp³-hybridized carbons (Fsp3) is 0. The molecule has 55 heavy (non-hydrogen) atoms. The number of rotatable bonds is 5. The molecule has 0 saturated heterocycles. The first kappa shape index (κ1) is 31.3. The lowest BCUT2D eigenvalue weighted by atomic mass is 9.90. The van der Waals surface area contributed by atoms with Crippen molar-refractivity contribution in [3.05, 3.63) is 212 Å². The van der Waals surface area contributed by atoms with Crippen LogP contribution in [0.15, 0.2) is 212 Å². The van der Waals surface area contributed by atoms with Crippen LogP contribution in [0.1, 0.15) is 0 Å². The molecule has 11 aromatic rings. The highest BCUT2D eigenvalue weighted by molar-refractivity contribution is 6.20. The average Bonchev–Trinajstić information content (AvgIpc) is 3.26. The van der Waals surface area contributed by atoms with Crippen LogP contribution in [0, 0.1) is 0 Å². The van der Waals surface area contributed by atoms with Crippen molar-refractivity contribution in [2.24, 2.45) is 0 Å². The van der Waals surface area contributed by atoms with Gasteiger partial charge in [-0.1, -0.05) is 176 Å². The van der Waals surface area contributed by atoms with E-state index in [4.69, 9.17) is 0 Å². The third kappa shape index (κ3) is 5.24. The van der Waals surface area contributed by atoms with Crippen molar-refractivity contribution in [3.63, 3.8) is 0 Å². The Morgan fingerprint density at radius 3 is 1.56 bits per heavy atom. The molecule has 0 heterocycles. The van der Waals surface area contributed by atoms with E-state index in [1.54, 1.807) is 0 Å². The van der Waals surface area contributed by atoms with Crippen LogP contribution < -0.4 is 4.90 Å². The molecular formula is C54H35N. The first-order chi connectivity index (χ1) is 27.3. The molecule has 0 spiro atoms. The standard InChI is InChI=1S/C54H35N/c1-2-12-36(13-3-1)40-17-10-18-42(32-40)55(43-28-26-39-25-24-37-14-5-8-20-46(37)53(39)34-43)44-33-41-16-6-9-21-47(41)54(35-44)49-23-11-22-48-51-29-27-38-15-4-7-19-45(38)50(51)30-31-52(48)49/h1-35H. The van der Waals surface area contributed by atoms with E-state index >= 15 is 0 Å². The monoisotopic (exact) mass is 697 g/mol. The zero-order valence-electron chi connectivity index (χ0n) is 30.2. The molecule has 0 saturated carbocycles. The summed E-state index contributed by atoms with van der Waals surface area (Å²) in [5.74, 6) is 0. The summed E-state index contributed by atoms with van der Waals surface area (Å²) >= 11 is 0. The molecule has 1 nitrogen and oxygen atoms in total. The average molecular weight is 698 g/mol. The van der Waals surface area contributed by atoms with Gasteiger partial charge in [-0.05, 0) is 123 Å². The summed E-state index contributed by atoms with van der Waals surface area (Å²) in [6.07, 6.45) is 0. The van der Waals surface area contributed by atoms with Gasteiger partial charge in [-0.3, -0.25) is 0 Å². The Morgan fingerprint density at radius 2 is 0.745 bits per heavy atom. The Labute approximate surface area is 320 Å². The number of nitrogens with zero attached hydrogens (tertiary/aromatic N) is 1. The molecule has 0 aliphatic rings. The number of anilines is 3. The van der Waals surface area contributed by atoms with Crippen molar-refractivity contribution in [1.82, 2.24) is 0 Å². The molecule has 0 aliphatic carbocycles. The third-order valence-electron chi connectivity index (χ3n) is 11.4. The molecule has 0 fully saturated rings. The summed E-state index contributed by atoms with van der Waals surface area (Å²) < 4.78 is 0. The molecular weight excluding hydrogens is 663 g/mol. The Bertz CT molecular complexity index is 3270. The van der Waals surface area contributed by atoms with Gasteiger partial charge in [-0.2, -0.15) is 0 Å². The highest BCUT2D eigenvalue weighted by Gasteiger charge is 2.19. The van der Waals surface area contributed by atoms with E-state index < -0.39 is 0 Å². The first-order valence-electron chi connectivity index (χ1n) is 19.0. The minimum absolute atomic E-state index is 1.11. The number of fused-ring (bicyclic) bond motifs is 9. The molecule has 0 bridgehead atoms. The van der Waals surface area contributed by atoms with Crippen molar-refractivity contribution in [2.45, 2.75) is 0 Å². The van der Waals surface area contributed by atoms with Gasteiger partial charge in [-0.15, -0.1) is 0 Å². The predicted molar refractivity (Wildman–Crippen MR) is 237 cm³/mol. The van der Waals surface area contributed by atoms with Gasteiger partial charge in [0.25, 0.3) is 0 Å². The van der Waals surface area contributed by atoms with Crippen molar-refractivity contribution in [2.75, 3.05) is 4.90 Å². The summed E-state index contributed by atoms with van der Waals surface area (Å²) in [6.45, 7) is 0. The Morgan fingerprint density at radius 1 is 0.218 bits per heavy atom. The van der Waals surface area contributed by atoms with Gasteiger partial charge in [0.15, 0.2) is 0 Å². The third-order valence-corrected chi connectivity index (χ3v) is 11.4. The minimum Gasteiger partial charge on any atom is -0.310 e. The Hall–Kier alpha value is -7.22. The topological polar surface area (TPSA) is 3.24 Å². The van der Waals surface area contributed by atoms with E-state index in [1.807, 2.05) is 0 Å². The van der Waals surface area contributed by atoms with E-state index in [9.17, 15) is 0 Å². The van der Waals surface area contributed by atoms with E-state index in [2.05, 4.69) is 217 Å². The van der Waals surface area contributed by atoms with Gasteiger partial charge in [0.1, 0.15) is 0 Å². The Kier molecular flexibility index (Phi) is 7.25. The van der Waals surface area contributed by atoms with Crippen LogP contribution in [0.3, 0.4) is 0 Å². The van der Waals surface area contributed by atoms with Gasteiger partial charge in [-0.25, -0.2) is 0 Å². The molecule has 1 heteroatoms. The maximum Gasteiger partial charge on any atom is 0.0474 e. The minimum atomic E-state index is 1.11. The lowest BCUT2D eigenvalue weighted by Gasteiger charge is -2.28. The second-order valence-corrected chi connectivity index (χ2v) is 14.5. The highest BCUT2D eigenvalue weighted by Crippen LogP contribution is 2.44. The lowest BCUT2D eigenvalue weighted by Crippen LogP contribution is -2.10. The van der Waals surface area contributed by atoms with Gasteiger partial charge >= 0.3 is 0 Å². The number of hydrogen-bond donors (Lipinski definition) is 0. The first-order valence-corrected chi connectivity index (χ1v) is 19.0. The van der Waals surface area contributed by atoms with E-state index in [1.165, 1.54) is 86.9 Å². The number of hydrogen-bond acceptors (Lipinski definition) is 1. The lowest BCUT2D eigenvalue weighted by molar-refractivity contribution is 1.29. The quantitative estimate of drug-likeness (QED) is 0.162. The van der Waals surface area contributed by atoms with Crippen LogP contribution in [-0.4, -0.2) is 0 Å². The zero-order chi connectivity index (χ0) is 36.3. The zero-order valence-corrected chi connectivity index (χ0v) is 30.2. The van der Waals surface area contributed by atoms with Crippen LogP contribution in [-0.2, 0) is 0 Å². The summed E-state index contributed by atoms with van der Waals surface area (Å²) in [5.41, 5.74) is 8.17. The van der Waals surface area contributed by atoms with Gasteiger partial charge in [0, 0.05) is 17.1 Å². The SMILES string of the molecule is c1ccc(-c2cccc(N(c3cc(-c4cccc5c4ccc4c6ccccc6ccc54)c4ccccc4c3)c3ccc4ccc5ccccc5c4c3)c2)cc1. The second kappa shape index (κ2) is 12.7. The maximum atomic E-state index is 2.44. The van der Waals surface area contributed by atoms with Crippen LogP contribution >= 0.6 is 0 Å². The normalized spacial score (nSPS) is 11.6. The molecule has 0 atom stereocenters. The highest BCUT2D eigenvalue weighted by atomic mass is 15.1. The van der Waals surface area contributed by atoms with Crippen LogP contribution in [0.2, 0.25) is 0 Å².